The lowest BCUT2D eigenvalue weighted by Crippen LogP contribution is -2.11. The van der Waals surface area contributed by atoms with E-state index in [1.54, 1.807) is 0 Å². The third-order valence-corrected chi connectivity index (χ3v) is 9.23. The Morgan fingerprint density at radius 1 is 0.310 bits per heavy atom. The molecule has 0 N–H and O–H groups in total. The fourth-order valence-corrected chi connectivity index (χ4v) is 6.29. The van der Waals surface area contributed by atoms with E-state index >= 15 is 0 Å². The standard InChI is InChI=1S/2C21H26/c2*1-20(2,3)16-7-9-18-14(12-16)11-15-13-17(21(4,5)6)8-10-19(15)18/h2*7-10,12-13H,11H2,1-6H3. The molecule has 0 saturated heterocycles. The Morgan fingerprint density at radius 2 is 0.500 bits per heavy atom. The van der Waals surface area contributed by atoms with E-state index in [4.69, 9.17) is 0 Å². The zero-order valence-electron chi connectivity index (χ0n) is 28.3. The molecule has 0 bridgehead atoms. The second-order valence-electron chi connectivity index (χ2n) is 16.8. The number of rotatable bonds is 0. The molecule has 0 atom stereocenters. The molecule has 42 heavy (non-hydrogen) atoms. The molecule has 0 fully saturated rings. The van der Waals surface area contributed by atoms with Crippen LogP contribution in [0.1, 0.15) is 128 Å². The van der Waals surface area contributed by atoms with Crippen molar-refractivity contribution in [2.45, 2.75) is 118 Å². The van der Waals surface area contributed by atoms with Crippen molar-refractivity contribution in [3.63, 3.8) is 0 Å². The monoisotopic (exact) mass is 556 g/mol. The normalized spacial score (nSPS) is 14.0. The molecule has 2 aliphatic rings. The first kappa shape index (κ1) is 30.3. The molecule has 0 nitrogen and oxygen atoms in total. The summed E-state index contributed by atoms with van der Waals surface area (Å²) in [5.41, 5.74) is 18.3. The van der Waals surface area contributed by atoms with Gasteiger partial charge in [0.15, 0.2) is 0 Å². The number of hydrogen-bond donors (Lipinski definition) is 0. The highest BCUT2D eigenvalue weighted by molar-refractivity contribution is 5.78. The van der Waals surface area contributed by atoms with Crippen molar-refractivity contribution in [3.8, 4) is 22.3 Å². The maximum absolute atomic E-state index is 2.41. The van der Waals surface area contributed by atoms with Gasteiger partial charge in [0.05, 0.1) is 0 Å². The van der Waals surface area contributed by atoms with Crippen LogP contribution in [-0.2, 0) is 34.5 Å². The van der Waals surface area contributed by atoms with Gasteiger partial charge in [0, 0.05) is 0 Å². The summed E-state index contributed by atoms with van der Waals surface area (Å²) in [7, 11) is 0. The molecule has 220 valence electrons. The van der Waals surface area contributed by atoms with Crippen LogP contribution in [0.15, 0.2) is 72.8 Å². The van der Waals surface area contributed by atoms with Crippen LogP contribution in [-0.4, -0.2) is 0 Å². The zero-order valence-corrected chi connectivity index (χ0v) is 28.3. The van der Waals surface area contributed by atoms with Gasteiger partial charge in [-0.25, -0.2) is 0 Å². The molecule has 4 aromatic carbocycles. The van der Waals surface area contributed by atoms with E-state index in [1.165, 1.54) is 66.8 Å². The van der Waals surface area contributed by atoms with Crippen LogP contribution in [0.25, 0.3) is 22.3 Å². The van der Waals surface area contributed by atoms with Crippen molar-refractivity contribution in [3.05, 3.63) is 117 Å². The van der Waals surface area contributed by atoms with Crippen molar-refractivity contribution < 1.29 is 0 Å². The van der Waals surface area contributed by atoms with Gasteiger partial charge in [-0.1, -0.05) is 156 Å². The zero-order chi connectivity index (χ0) is 30.8. The molecule has 0 heteroatoms. The SMILES string of the molecule is CC(C)(C)c1ccc2c(c1)Cc1cc(C(C)(C)C)ccc1-2.CC(C)(C)c1ccc2c(c1)Cc1cc(C(C)(C)C)ccc1-2. The quantitative estimate of drug-likeness (QED) is 0.174. The predicted molar refractivity (Wildman–Crippen MR) is 184 cm³/mol. The molecule has 6 rings (SSSR count). The van der Waals surface area contributed by atoms with Crippen LogP contribution < -0.4 is 0 Å². The van der Waals surface area contributed by atoms with Crippen LogP contribution in [0.4, 0.5) is 0 Å². The number of hydrogen-bond acceptors (Lipinski definition) is 0. The maximum atomic E-state index is 2.41. The largest absolute Gasteiger partial charge is 0.0579 e. The van der Waals surface area contributed by atoms with Gasteiger partial charge in [-0.2, -0.15) is 0 Å². The molecule has 2 aliphatic carbocycles. The Labute approximate surface area is 256 Å². The molecule has 0 radical (unpaired) electrons. The predicted octanol–water partition coefficient (Wildman–Crippen LogP) is 11.7. The first-order valence-electron chi connectivity index (χ1n) is 15.9. The summed E-state index contributed by atoms with van der Waals surface area (Å²) in [6.07, 6.45) is 2.16. The smallest absolute Gasteiger partial charge is 0.00132 e. The number of fused-ring (bicyclic) bond motifs is 6. The molecule has 0 aromatic heterocycles. The Balaban J connectivity index is 0.000000168. The minimum atomic E-state index is 0.223. The third-order valence-electron chi connectivity index (χ3n) is 9.23. The molecule has 0 heterocycles. The van der Waals surface area contributed by atoms with Crippen molar-refractivity contribution in [2.24, 2.45) is 0 Å². The van der Waals surface area contributed by atoms with Gasteiger partial charge in [0.1, 0.15) is 0 Å². The maximum Gasteiger partial charge on any atom is -0.00132 e. The van der Waals surface area contributed by atoms with Crippen LogP contribution in [0.2, 0.25) is 0 Å². The first-order chi connectivity index (χ1) is 19.3. The summed E-state index contributed by atoms with van der Waals surface area (Å²) >= 11 is 0. The lowest BCUT2D eigenvalue weighted by molar-refractivity contribution is 0.589. The minimum Gasteiger partial charge on any atom is -0.0579 e. The average Bonchev–Trinajstić information content (AvgIpc) is 3.43. The van der Waals surface area contributed by atoms with Crippen LogP contribution in [0, 0.1) is 0 Å². The van der Waals surface area contributed by atoms with E-state index in [9.17, 15) is 0 Å². The second kappa shape index (κ2) is 10.3. The van der Waals surface area contributed by atoms with E-state index in [0.717, 1.165) is 12.8 Å². The van der Waals surface area contributed by atoms with Gasteiger partial charge in [0.25, 0.3) is 0 Å². The molecular formula is C42H52. The van der Waals surface area contributed by atoms with Crippen LogP contribution in [0.5, 0.6) is 0 Å². The third kappa shape index (κ3) is 6.01. The fourth-order valence-electron chi connectivity index (χ4n) is 6.29. The number of benzene rings is 4. The van der Waals surface area contributed by atoms with Crippen molar-refractivity contribution in [2.75, 3.05) is 0 Å². The molecule has 0 spiro atoms. The van der Waals surface area contributed by atoms with Gasteiger partial charge < -0.3 is 0 Å². The Hall–Kier alpha value is -3.12. The lowest BCUT2D eigenvalue weighted by atomic mass is 9.85. The molecule has 4 aromatic rings. The van der Waals surface area contributed by atoms with Crippen molar-refractivity contribution in [1.29, 1.82) is 0 Å². The van der Waals surface area contributed by atoms with Gasteiger partial charge in [-0.3, -0.25) is 0 Å². The van der Waals surface area contributed by atoms with E-state index < -0.39 is 0 Å². The van der Waals surface area contributed by atoms with E-state index in [-0.39, 0.29) is 21.7 Å². The summed E-state index contributed by atoms with van der Waals surface area (Å²) in [6, 6.07) is 28.1. The molecular weight excluding hydrogens is 504 g/mol. The Bertz CT molecular complexity index is 1380. The Morgan fingerprint density at radius 3 is 0.667 bits per heavy atom. The lowest BCUT2D eigenvalue weighted by Gasteiger charge is -2.20. The Kier molecular flexibility index (Phi) is 7.41. The van der Waals surface area contributed by atoms with Gasteiger partial charge >= 0.3 is 0 Å². The first-order valence-corrected chi connectivity index (χ1v) is 15.9. The molecule has 0 unspecified atom stereocenters. The minimum absolute atomic E-state index is 0.223. The highest BCUT2D eigenvalue weighted by Gasteiger charge is 2.25. The summed E-state index contributed by atoms with van der Waals surface area (Å²) in [5.74, 6) is 0. The van der Waals surface area contributed by atoms with E-state index in [0.29, 0.717) is 0 Å². The summed E-state index contributed by atoms with van der Waals surface area (Å²) in [6.45, 7) is 27.4. The molecule has 0 saturated carbocycles. The van der Waals surface area contributed by atoms with Crippen molar-refractivity contribution in [1.82, 2.24) is 0 Å². The van der Waals surface area contributed by atoms with Crippen LogP contribution in [0.3, 0.4) is 0 Å². The highest BCUT2D eigenvalue weighted by atomic mass is 14.3. The highest BCUT2D eigenvalue weighted by Crippen LogP contribution is 2.42. The van der Waals surface area contributed by atoms with Gasteiger partial charge in [0.2, 0.25) is 0 Å². The topological polar surface area (TPSA) is 0 Å². The molecule has 0 amide bonds. The van der Waals surface area contributed by atoms with E-state index in [2.05, 4.69) is 156 Å². The fraction of sp³-hybridized carbons (Fsp3) is 0.429. The molecule has 0 aliphatic heterocycles. The van der Waals surface area contributed by atoms with Crippen molar-refractivity contribution >= 4 is 0 Å². The summed E-state index contributed by atoms with van der Waals surface area (Å²) in [4.78, 5) is 0. The van der Waals surface area contributed by atoms with E-state index in [1.807, 2.05) is 0 Å². The average molecular weight is 557 g/mol. The van der Waals surface area contributed by atoms with Gasteiger partial charge in [-0.15, -0.1) is 0 Å². The van der Waals surface area contributed by atoms with Gasteiger partial charge in [-0.05, 0) is 101 Å². The summed E-state index contributed by atoms with van der Waals surface area (Å²) in [5, 5.41) is 0. The van der Waals surface area contributed by atoms with Crippen LogP contribution >= 0.6 is 0 Å². The summed E-state index contributed by atoms with van der Waals surface area (Å²) < 4.78 is 0. The second-order valence-corrected chi connectivity index (χ2v) is 16.8.